The molecule has 0 spiro atoms. The largest absolute Gasteiger partial charge is 0.512 e. The predicted octanol–water partition coefficient (Wildman–Crippen LogP) is 11.4. The first-order valence-electron chi connectivity index (χ1n) is 16.3. The second kappa shape index (κ2) is 13.7. The van der Waals surface area contributed by atoms with Gasteiger partial charge in [-0.05, 0) is 54.3 Å². The SMILES string of the molecule is CC1(C)c2cc[c-]c(-c3nccc4ccccc34)c2-c2oc3ccccc3c21.CCC(C)(CC)C(=O)/C=C(\O)C(C)(CC)CC.[Ir]. The average molecular weight is 793 g/mol. The Morgan fingerprint density at radius 1 is 0.891 bits per heavy atom. The first-order chi connectivity index (χ1) is 21.5. The number of hydrogen-bond acceptors (Lipinski definition) is 4. The smallest absolute Gasteiger partial charge is 0.164 e. The van der Waals surface area contributed by atoms with E-state index < -0.39 is 0 Å². The van der Waals surface area contributed by atoms with Crippen molar-refractivity contribution in [1.29, 1.82) is 0 Å². The summed E-state index contributed by atoms with van der Waals surface area (Å²) in [5, 5.41) is 13.6. The molecule has 4 nitrogen and oxygen atoms in total. The standard InChI is InChI=1S/C26H18NO.C15H28O2.Ir/c1-26(2)20-12-7-11-19(24-17-9-4-3-8-16(17)14-15-27-24)22(20)25-23(26)18-10-5-6-13-21(18)28-25;1-7-14(5,8-2)12(16)11-13(17)15(6,9-3)10-4;/h3-10,12-15H,1-2H3;11,16H,7-10H2,1-6H3;/q-1;;/b;12-11-;. The molecule has 0 bridgehead atoms. The maximum atomic E-state index is 12.2. The molecule has 46 heavy (non-hydrogen) atoms. The molecule has 6 rings (SSSR count). The summed E-state index contributed by atoms with van der Waals surface area (Å²) in [6, 6.07) is 26.4. The Morgan fingerprint density at radius 2 is 1.50 bits per heavy atom. The summed E-state index contributed by atoms with van der Waals surface area (Å²) in [5.74, 6) is 1.25. The van der Waals surface area contributed by atoms with Gasteiger partial charge >= 0.3 is 0 Å². The fraction of sp³-hybridized carbons (Fsp3) is 0.366. The van der Waals surface area contributed by atoms with Gasteiger partial charge in [-0.25, -0.2) is 0 Å². The molecule has 5 aromatic rings. The number of para-hydroxylation sites is 1. The maximum Gasteiger partial charge on any atom is 0.164 e. The van der Waals surface area contributed by atoms with Gasteiger partial charge in [0.1, 0.15) is 11.3 Å². The molecule has 243 valence electrons. The van der Waals surface area contributed by atoms with Gasteiger partial charge in [-0.1, -0.05) is 103 Å². The zero-order chi connectivity index (χ0) is 32.6. The molecule has 1 N–H and O–H groups in total. The van der Waals surface area contributed by atoms with Crippen molar-refractivity contribution in [3.63, 3.8) is 0 Å². The number of pyridine rings is 1. The van der Waals surface area contributed by atoms with Gasteiger partial charge in [-0.15, -0.1) is 29.3 Å². The topological polar surface area (TPSA) is 63.3 Å². The van der Waals surface area contributed by atoms with Crippen molar-refractivity contribution in [3.8, 4) is 22.6 Å². The van der Waals surface area contributed by atoms with Gasteiger partial charge in [0, 0.05) is 59.6 Å². The Kier molecular flexibility index (Phi) is 10.5. The fourth-order valence-corrected chi connectivity index (χ4v) is 6.42. The van der Waals surface area contributed by atoms with Crippen LogP contribution in [0.1, 0.15) is 92.2 Å². The molecule has 5 heteroatoms. The molecule has 2 aromatic heterocycles. The summed E-state index contributed by atoms with van der Waals surface area (Å²) in [4.78, 5) is 16.9. The number of aliphatic hydroxyl groups excluding tert-OH is 1. The van der Waals surface area contributed by atoms with Crippen LogP contribution < -0.4 is 0 Å². The van der Waals surface area contributed by atoms with E-state index in [2.05, 4.69) is 68.4 Å². The summed E-state index contributed by atoms with van der Waals surface area (Å²) in [6.45, 7) is 16.6. The van der Waals surface area contributed by atoms with Crippen LogP contribution >= 0.6 is 0 Å². The predicted molar refractivity (Wildman–Crippen MR) is 186 cm³/mol. The number of nitrogens with zero attached hydrogens (tertiary/aromatic N) is 1. The molecule has 2 heterocycles. The number of fused-ring (bicyclic) bond motifs is 6. The van der Waals surface area contributed by atoms with E-state index >= 15 is 0 Å². The second-order valence-corrected chi connectivity index (χ2v) is 13.4. The molecular formula is C41H46IrNO3-. The number of aliphatic hydroxyl groups is 1. The van der Waals surface area contributed by atoms with Crippen molar-refractivity contribution in [3.05, 3.63) is 102 Å². The van der Waals surface area contributed by atoms with Crippen LogP contribution in [0.3, 0.4) is 0 Å². The number of carbonyl (C=O) groups is 1. The Labute approximate surface area is 287 Å². The van der Waals surface area contributed by atoms with Crippen LogP contribution in [-0.2, 0) is 30.3 Å². The third kappa shape index (κ3) is 6.00. The van der Waals surface area contributed by atoms with Gasteiger partial charge in [-0.3, -0.25) is 4.79 Å². The van der Waals surface area contributed by atoms with Gasteiger partial charge in [0.15, 0.2) is 5.78 Å². The molecule has 0 saturated carbocycles. The molecule has 1 radical (unpaired) electrons. The van der Waals surface area contributed by atoms with Crippen LogP contribution in [0.5, 0.6) is 0 Å². The summed E-state index contributed by atoms with van der Waals surface area (Å²) >= 11 is 0. The summed E-state index contributed by atoms with van der Waals surface area (Å²) < 4.78 is 6.40. The number of hydrogen-bond donors (Lipinski definition) is 1. The van der Waals surface area contributed by atoms with Gasteiger partial charge in [0.25, 0.3) is 0 Å². The van der Waals surface area contributed by atoms with E-state index in [-0.39, 0.29) is 47.9 Å². The minimum Gasteiger partial charge on any atom is -0.512 e. The van der Waals surface area contributed by atoms with E-state index in [1.54, 1.807) is 0 Å². The number of ketones is 1. The minimum absolute atomic E-state index is 0. The molecule has 1 aliphatic rings. The van der Waals surface area contributed by atoms with Gasteiger partial charge in [-0.2, -0.15) is 0 Å². The fourth-order valence-electron chi connectivity index (χ4n) is 6.42. The number of benzene rings is 3. The minimum atomic E-state index is -0.337. The number of carbonyl (C=O) groups excluding carboxylic acids is 1. The van der Waals surface area contributed by atoms with E-state index in [1.165, 1.54) is 28.0 Å². The number of aromatic nitrogens is 1. The van der Waals surface area contributed by atoms with Crippen molar-refractivity contribution >= 4 is 27.5 Å². The van der Waals surface area contributed by atoms with E-state index in [1.807, 2.05) is 65.9 Å². The zero-order valence-corrected chi connectivity index (χ0v) is 30.8. The van der Waals surface area contributed by atoms with Gasteiger partial charge in [0.05, 0.1) is 5.76 Å². The molecule has 0 fully saturated rings. The Balaban J connectivity index is 0.000000234. The van der Waals surface area contributed by atoms with Crippen LogP contribution in [0, 0.1) is 16.9 Å². The molecule has 3 aromatic carbocycles. The number of allylic oxidation sites excluding steroid dienone is 2. The molecule has 0 amide bonds. The van der Waals surface area contributed by atoms with E-state index in [4.69, 9.17) is 9.40 Å². The Morgan fingerprint density at radius 3 is 2.15 bits per heavy atom. The monoisotopic (exact) mass is 793 g/mol. The van der Waals surface area contributed by atoms with Gasteiger partial charge < -0.3 is 14.5 Å². The average Bonchev–Trinajstić information content (AvgIpc) is 3.57. The van der Waals surface area contributed by atoms with Crippen LogP contribution in [0.4, 0.5) is 0 Å². The van der Waals surface area contributed by atoms with Crippen molar-refractivity contribution in [2.45, 2.75) is 86.5 Å². The van der Waals surface area contributed by atoms with E-state index in [0.29, 0.717) is 0 Å². The Hall–Kier alpha value is -3.53. The third-order valence-corrected chi connectivity index (χ3v) is 10.6. The van der Waals surface area contributed by atoms with Crippen LogP contribution in [0.2, 0.25) is 0 Å². The Bertz CT molecular complexity index is 1880. The molecule has 0 unspecified atom stereocenters. The first kappa shape index (κ1) is 35.3. The van der Waals surface area contributed by atoms with Crippen molar-refractivity contribution in [2.75, 3.05) is 0 Å². The van der Waals surface area contributed by atoms with E-state index in [9.17, 15) is 9.90 Å². The van der Waals surface area contributed by atoms with Crippen LogP contribution in [-0.4, -0.2) is 15.9 Å². The molecule has 0 atom stereocenters. The van der Waals surface area contributed by atoms with E-state index in [0.717, 1.165) is 59.2 Å². The first-order valence-corrected chi connectivity index (χ1v) is 16.3. The zero-order valence-electron chi connectivity index (χ0n) is 28.4. The van der Waals surface area contributed by atoms with Crippen LogP contribution in [0.25, 0.3) is 44.3 Å². The molecule has 0 saturated heterocycles. The molecule has 0 aliphatic heterocycles. The third-order valence-electron chi connectivity index (χ3n) is 10.6. The van der Waals surface area contributed by atoms with Crippen molar-refractivity contribution in [1.82, 2.24) is 4.98 Å². The van der Waals surface area contributed by atoms with Crippen LogP contribution in [0.15, 0.2) is 89.2 Å². The normalized spacial score (nSPS) is 13.9. The van der Waals surface area contributed by atoms with Gasteiger partial charge in [0.2, 0.25) is 0 Å². The number of furan rings is 1. The quantitative estimate of drug-likeness (QED) is 0.0966. The van der Waals surface area contributed by atoms with Crippen molar-refractivity contribution < 1.29 is 34.4 Å². The molecular weight excluding hydrogens is 747 g/mol. The summed E-state index contributed by atoms with van der Waals surface area (Å²) in [6.07, 6.45) is 6.63. The second-order valence-electron chi connectivity index (χ2n) is 13.4. The maximum absolute atomic E-state index is 12.2. The number of rotatable bonds is 8. The van der Waals surface area contributed by atoms with Crippen molar-refractivity contribution in [2.24, 2.45) is 10.8 Å². The molecule has 1 aliphatic carbocycles. The summed E-state index contributed by atoms with van der Waals surface area (Å²) in [5.41, 5.74) is 5.84. The summed E-state index contributed by atoms with van der Waals surface area (Å²) in [7, 11) is 0.